The second kappa shape index (κ2) is 9.76. The number of hydrogen-bond acceptors (Lipinski definition) is 5. The van der Waals surface area contributed by atoms with Crippen LogP contribution in [0.25, 0.3) is 0 Å². The van der Waals surface area contributed by atoms with Gasteiger partial charge in [0.25, 0.3) is 5.91 Å². The van der Waals surface area contributed by atoms with Crippen LogP contribution in [0, 0.1) is 0 Å². The molecule has 6 heteroatoms. The van der Waals surface area contributed by atoms with E-state index < -0.39 is 5.72 Å². The summed E-state index contributed by atoms with van der Waals surface area (Å²) in [5, 5.41) is 10.3. The molecule has 4 aromatic carbocycles. The molecule has 0 radical (unpaired) electrons. The Morgan fingerprint density at radius 1 is 0.778 bits per heavy atom. The van der Waals surface area contributed by atoms with E-state index in [2.05, 4.69) is 0 Å². The fraction of sp³-hybridized carbons (Fsp3) is 0.167. The van der Waals surface area contributed by atoms with Crippen LogP contribution in [0.15, 0.2) is 97.1 Å². The Morgan fingerprint density at radius 3 is 2.00 bits per heavy atom. The molecule has 0 bridgehead atoms. The molecule has 1 N–H and O–H groups in total. The predicted octanol–water partition coefficient (Wildman–Crippen LogP) is 5.48. The van der Waals surface area contributed by atoms with Gasteiger partial charge in [0.1, 0.15) is 0 Å². The first-order valence-corrected chi connectivity index (χ1v) is 11.7. The van der Waals surface area contributed by atoms with E-state index in [1.54, 1.807) is 17.0 Å². The lowest BCUT2D eigenvalue weighted by Crippen LogP contribution is -2.46. The second-order valence-corrected chi connectivity index (χ2v) is 8.57. The normalized spacial score (nSPS) is 16.6. The van der Waals surface area contributed by atoms with E-state index in [-0.39, 0.29) is 29.8 Å². The Kier molecular flexibility index (Phi) is 6.36. The molecule has 0 spiro atoms. The summed E-state index contributed by atoms with van der Waals surface area (Å²) in [6.45, 7) is 0.500. The molecule has 0 aliphatic carbocycles. The summed E-state index contributed by atoms with van der Waals surface area (Å²) in [6.07, 6.45) is 0. The number of hydrogen-bond donors (Lipinski definition) is 1. The minimum absolute atomic E-state index is 0.0754. The van der Waals surface area contributed by atoms with Crippen molar-refractivity contribution in [3.05, 3.63) is 125 Å². The summed E-state index contributed by atoms with van der Waals surface area (Å²) in [4.78, 5) is 15.6. The molecule has 5 rings (SSSR count). The standard InChI is InChI=1S/C30H27NO5/c1-34-26-17-22(18-27(35-2)28(26)32)20-36-30(23-13-7-4-8-14-23)25-16-10-9-15-24(25)29(33)31(30)19-21-11-5-3-6-12-21/h3-18,32H,19-20H2,1-2H3/t30-/m1/s1. The minimum Gasteiger partial charge on any atom is -0.502 e. The Labute approximate surface area is 210 Å². The van der Waals surface area contributed by atoms with Crippen molar-refractivity contribution in [2.45, 2.75) is 18.9 Å². The average molecular weight is 482 g/mol. The highest BCUT2D eigenvalue weighted by Gasteiger charge is 2.52. The number of methoxy groups -OCH3 is 2. The Morgan fingerprint density at radius 2 is 1.36 bits per heavy atom. The maximum Gasteiger partial charge on any atom is 0.257 e. The van der Waals surface area contributed by atoms with Crippen LogP contribution in [0.3, 0.4) is 0 Å². The van der Waals surface area contributed by atoms with Gasteiger partial charge in [-0.3, -0.25) is 9.69 Å². The van der Waals surface area contributed by atoms with Gasteiger partial charge in [0.15, 0.2) is 17.2 Å². The molecule has 0 unspecified atom stereocenters. The van der Waals surface area contributed by atoms with Gasteiger partial charge in [-0.05, 0) is 29.3 Å². The molecule has 1 amide bonds. The summed E-state index contributed by atoms with van der Waals surface area (Å²) in [7, 11) is 2.97. The van der Waals surface area contributed by atoms with E-state index in [1.807, 2.05) is 84.9 Å². The van der Waals surface area contributed by atoms with Crippen LogP contribution in [-0.2, 0) is 23.6 Å². The lowest BCUT2D eigenvalue weighted by molar-refractivity contribution is -0.120. The molecular weight excluding hydrogens is 454 g/mol. The Bertz CT molecular complexity index is 1350. The van der Waals surface area contributed by atoms with Gasteiger partial charge in [0.2, 0.25) is 5.75 Å². The number of fused-ring (bicyclic) bond motifs is 1. The number of carbonyl (C=O) groups is 1. The van der Waals surface area contributed by atoms with E-state index in [9.17, 15) is 9.90 Å². The molecule has 1 aliphatic heterocycles. The van der Waals surface area contributed by atoms with Crippen LogP contribution >= 0.6 is 0 Å². The summed E-state index contributed by atoms with van der Waals surface area (Å²) in [6, 6.07) is 30.7. The molecule has 1 heterocycles. The van der Waals surface area contributed by atoms with Crippen molar-refractivity contribution in [2.75, 3.05) is 14.2 Å². The first kappa shape index (κ1) is 23.5. The van der Waals surface area contributed by atoms with Crippen LogP contribution in [0.1, 0.15) is 32.6 Å². The fourth-order valence-electron chi connectivity index (χ4n) is 4.78. The molecular formula is C30H27NO5. The van der Waals surface area contributed by atoms with E-state index in [1.165, 1.54) is 14.2 Å². The first-order chi connectivity index (χ1) is 17.6. The summed E-state index contributed by atoms with van der Waals surface area (Å²) in [5.41, 5.74) is 2.80. The van der Waals surface area contributed by atoms with Gasteiger partial charge in [-0.15, -0.1) is 0 Å². The highest BCUT2D eigenvalue weighted by molar-refractivity contribution is 6.00. The lowest BCUT2D eigenvalue weighted by atomic mass is 9.93. The zero-order valence-corrected chi connectivity index (χ0v) is 20.2. The van der Waals surface area contributed by atoms with E-state index >= 15 is 0 Å². The number of ether oxygens (including phenoxy) is 3. The van der Waals surface area contributed by atoms with Crippen molar-refractivity contribution in [3.63, 3.8) is 0 Å². The molecule has 0 fully saturated rings. The summed E-state index contributed by atoms with van der Waals surface area (Å²) < 4.78 is 17.5. The smallest absolute Gasteiger partial charge is 0.257 e. The van der Waals surface area contributed by atoms with Crippen molar-refractivity contribution < 1.29 is 24.1 Å². The molecule has 36 heavy (non-hydrogen) atoms. The maximum atomic E-state index is 13.8. The number of amides is 1. The van der Waals surface area contributed by atoms with Crippen molar-refractivity contribution in [1.29, 1.82) is 0 Å². The highest BCUT2D eigenvalue weighted by atomic mass is 16.5. The molecule has 1 aliphatic rings. The van der Waals surface area contributed by atoms with Gasteiger partial charge in [-0.1, -0.05) is 78.9 Å². The molecule has 6 nitrogen and oxygen atoms in total. The lowest BCUT2D eigenvalue weighted by Gasteiger charge is -2.39. The van der Waals surface area contributed by atoms with Crippen LogP contribution < -0.4 is 9.47 Å². The molecule has 0 saturated heterocycles. The molecule has 0 aromatic heterocycles. The van der Waals surface area contributed by atoms with E-state index in [0.29, 0.717) is 12.1 Å². The van der Waals surface area contributed by atoms with Crippen LogP contribution in [-0.4, -0.2) is 30.1 Å². The SMILES string of the molecule is COc1cc(CO[C@]2(c3ccccc3)c3ccccc3C(=O)N2Cc2ccccc2)cc(OC)c1O. The quantitative estimate of drug-likeness (QED) is 0.361. The fourth-order valence-corrected chi connectivity index (χ4v) is 4.78. The number of benzene rings is 4. The van der Waals surface area contributed by atoms with Crippen LogP contribution in [0.5, 0.6) is 17.2 Å². The first-order valence-electron chi connectivity index (χ1n) is 11.7. The number of phenolic OH excluding ortho intramolecular Hbond substituents is 1. The topological polar surface area (TPSA) is 68.2 Å². The number of aromatic hydroxyl groups is 1. The minimum atomic E-state index is -1.16. The largest absolute Gasteiger partial charge is 0.502 e. The number of carbonyl (C=O) groups excluding carboxylic acids is 1. The third-order valence-electron chi connectivity index (χ3n) is 6.48. The Hall–Kier alpha value is -4.29. The summed E-state index contributed by atoms with van der Waals surface area (Å²) in [5.74, 6) is 0.393. The molecule has 0 saturated carbocycles. The molecule has 4 aromatic rings. The van der Waals surface area contributed by atoms with Gasteiger partial charge in [0.05, 0.1) is 20.8 Å². The van der Waals surface area contributed by atoms with Crippen molar-refractivity contribution in [1.82, 2.24) is 4.90 Å². The van der Waals surface area contributed by atoms with Gasteiger partial charge in [-0.25, -0.2) is 0 Å². The van der Waals surface area contributed by atoms with Crippen molar-refractivity contribution in [3.8, 4) is 17.2 Å². The number of rotatable bonds is 8. The van der Waals surface area contributed by atoms with Crippen LogP contribution in [0.4, 0.5) is 0 Å². The third kappa shape index (κ3) is 3.95. The predicted molar refractivity (Wildman–Crippen MR) is 136 cm³/mol. The van der Waals surface area contributed by atoms with Crippen LogP contribution in [0.2, 0.25) is 0 Å². The zero-order valence-electron chi connectivity index (χ0n) is 20.2. The molecule has 182 valence electrons. The van der Waals surface area contributed by atoms with Gasteiger partial charge < -0.3 is 19.3 Å². The van der Waals surface area contributed by atoms with Crippen molar-refractivity contribution >= 4 is 5.91 Å². The van der Waals surface area contributed by atoms with Gasteiger partial charge in [0, 0.05) is 23.2 Å². The average Bonchev–Trinajstić information content (AvgIpc) is 3.17. The van der Waals surface area contributed by atoms with E-state index in [4.69, 9.17) is 14.2 Å². The summed E-state index contributed by atoms with van der Waals surface area (Å²) >= 11 is 0. The monoisotopic (exact) mass is 481 g/mol. The third-order valence-corrected chi connectivity index (χ3v) is 6.48. The van der Waals surface area contributed by atoms with Gasteiger partial charge in [-0.2, -0.15) is 0 Å². The van der Waals surface area contributed by atoms with Crippen molar-refractivity contribution in [2.24, 2.45) is 0 Å². The Balaban J connectivity index is 1.64. The molecule has 1 atom stereocenters. The maximum absolute atomic E-state index is 13.8. The van der Waals surface area contributed by atoms with Gasteiger partial charge >= 0.3 is 0 Å². The van der Waals surface area contributed by atoms with E-state index in [0.717, 1.165) is 22.3 Å². The number of phenols is 1. The zero-order chi connectivity index (χ0) is 25.1. The second-order valence-electron chi connectivity index (χ2n) is 8.57. The highest BCUT2D eigenvalue weighted by Crippen LogP contribution is 2.47. The number of nitrogens with zero attached hydrogens (tertiary/aromatic N) is 1.